The third-order valence-corrected chi connectivity index (χ3v) is 4.56. The number of nitrogens with one attached hydrogen (secondary N) is 1. The van der Waals surface area contributed by atoms with Gasteiger partial charge in [0.2, 0.25) is 0 Å². The van der Waals surface area contributed by atoms with E-state index in [1.807, 2.05) is 0 Å². The summed E-state index contributed by atoms with van der Waals surface area (Å²) in [5.41, 5.74) is 3.40. The van der Waals surface area contributed by atoms with Crippen LogP contribution in [0, 0.1) is 17.6 Å². The molecule has 5 heteroatoms. The van der Waals surface area contributed by atoms with Gasteiger partial charge >= 0.3 is 0 Å². The summed E-state index contributed by atoms with van der Waals surface area (Å²) >= 11 is 3.13. The molecule has 0 bridgehead atoms. The lowest BCUT2D eigenvalue weighted by Gasteiger charge is -2.23. The lowest BCUT2D eigenvalue weighted by Crippen LogP contribution is -2.30. The predicted molar refractivity (Wildman–Crippen MR) is 82.0 cm³/mol. The Balaban J connectivity index is 2.87. The third kappa shape index (κ3) is 4.50. The van der Waals surface area contributed by atoms with E-state index >= 15 is 0 Å². The summed E-state index contributed by atoms with van der Waals surface area (Å²) in [5, 5.41) is 0. The maximum atomic E-state index is 13.6. The van der Waals surface area contributed by atoms with Gasteiger partial charge in [0.1, 0.15) is 0 Å². The van der Waals surface area contributed by atoms with Crippen LogP contribution in [0.5, 0.6) is 0 Å². The minimum atomic E-state index is -0.857. The third-order valence-electron chi connectivity index (χ3n) is 3.75. The molecule has 2 atom stereocenters. The number of benzene rings is 1. The fourth-order valence-electron chi connectivity index (χ4n) is 2.41. The highest BCUT2D eigenvalue weighted by atomic mass is 79.9. The van der Waals surface area contributed by atoms with E-state index in [-0.39, 0.29) is 10.5 Å². The van der Waals surface area contributed by atoms with E-state index in [1.54, 1.807) is 6.07 Å². The van der Waals surface area contributed by atoms with E-state index in [4.69, 9.17) is 5.84 Å². The van der Waals surface area contributed by atoms with E-state index in [0.29, 0.717) is 11.5 Å². The number of halogens is 3. The molecule has 0 saturated carbocycles. The quantitative estimate of drug-likeness (QED) is 0.400. The van der Waals surface area contributed by atoms with Crippen molar-refractivity contribution >= 4 is 15.9 Å². The highest BCUT2D eigenvalue weighted by molar-refractivity contribution is 9.10. The highest BCUT2D eigenvalue weighted by Crippen LogP contribution is 2.32. The molecule has 1 rings (SSSR count). The first-order valence-electron chi connectivity index (χ1n) is 7.14. The summed E-state index contributed by atoms with van der Waals surface area (Å²) in [6.07, 6.45) is 5.34. The van der Waals surface area contributed by atoms with Crippen molar-refractivity contribution in [2.45, 2.75) is 52.0 Å². The van der Waals surface area contributed by atoms with Gasteiger partial charge in [-0.1, -0.05) is 45.6 Å². The lowest BCUT2D eigenvalue weighted by atomic mass is 9.89. The molecule has 0 heterocycles. The van der Waals surface area contributed by atoms with E-state index in [9.17, 15) is 8.78 Å². The molecule has 0 saturated heterocycles. The van der Waals surface area contributed by atoms with Crippen molar-refractivity contribution in [2.75, 3.05) is 0 Å². The Morgan fingerprint density at radius 3 is 2.55 bits per heavy atom. The maximum absolute atomic E-state index is 13.6. The number of hydrazine groups is 1. The second-order valence-corrected chi connectivity index (χ2v) is 5.93. The van der Waals surface area contributed by atoms with Crippen molar-refractivity contribution in [3.8, 4) is 0 Å². The lowest BCUT2D eigenvalue weighted by molar-refractivity contribution is 0.354. The molecule has 3 N–H and O–H groups in total. The van der Waals surface area contributed by atoms with Crippen molar-refractivity contribution in [3.63, 3.8) is 0 Å². The molecule has 1 aromatic rings. The Labute approximate surface area is 128 Å². The summed E-state index contributed by atoms with van der Waals surface area (Å²) in [6, 6.07) is 2.55. The molecule has 20 heavy (non-hydrogen) atoms. The van der Waals surface area contributed by atoms with Crippen LogP contribution < -0.4 is 11.3 Å². The van der Waals surface area contributed by atoms with Gasteiger partial charge in [0.15, 0.2) is 11.6 Å². The van der Waals surface area contributed by atoms with Crippen molar-refractivity contribution in [3.05, 3.63) is 33.8 Å². The molecular weight excluding hydrogens is 326 g/mol. The number of rotatable bonds is 8. The van der Waals surface area contributed by atoms with Crippen LogP contribution in [-0.4, -0.2) is 0 Å². The Morgan fingerprint density at radius 1 is 1.30 bits per heavy atom. The molecule has 2 nitrogen and oxygen atoms in total. The van der Waals surface area contributed by atoms with Crippen LogP contribution in [0.1, 0.15) is 57.6 Å². The van der Waals surface area contributed by atoms with Crippen LogP contribution in [0.15, 0.2) is 16.6 Å². The summed E-state index contributed by atoms with van der Waals surface area (Å²) in [5.74, 6) is 4.42. The molecule has 114 valence electrons. The number of nitrogens with two attached hydrogens (primary N) is 1. The zero-order valence-corrected chi connectivity index (χ0v) is 13.6. The average Bonchev–Trinajstić information content (AvgIpc) is 2.46. The van der Waals surface area contributed by atoms with Crippen LogP contribution in [0.2, 0.25) is 0 Å². The van der Waals surface area contributed by atoms with E-state index in [1.165, 1.54) is 6.42 Å². The first-order chi connectivity index (χ1) is 9.54. The fourth-order valence-corrected chi connectivity index (χ4v) is 3.01. The SMILES string of the molecule is CCCCC(CC)CC(NN)c1ccc(F)c(F)c1Br. The summed E-state index contributed by atoms with van der Waals surface area (Å²) < 4.78 is 26.9. The van der Waals surface area contributed by atoms with Gasteiger partial charge in [-0.25, -0.2) is 8.78 Å². The smallest absolute Gasteiger partial charge is 0.173 e. The normalized spacial score (nSPS) is 14.3. The first-order valence-corrected chi connectivity index (χ1v) is 7.93. The molecule has 0 aliphatic heterocycles. The van der Waals surface area contributed by atoms with E-state index in [0.717, 1.165) is 31.7 Å². The summed E-state index contributed by atoms with van der Waals surface area (Å²) in [6.45, 7) is 4.31. The van der Waals surface area contributed by atoms with Gasteiger partial charge in [-0.05, 0) is 39.9 Å². The second kappa shape index (κ2) is 8.70. The number of unbranched alkanes of at least 4 members (excludes halogenated alkanes) is 1. The molecule has 1 aromatic carbocycles. The maximum Gasteiger partial charge on any atom is 0.173 e. The zero-order valence-electron chi connectivity index (χ0n) is 12.1. The van der Waals surface area contributed by atoms with Crippen molar-refractivity contribution in [1.82, 2.24) is 5.43 Å². The van der Waals surface area contributed by atoms with E-state index < -0.39 is 11.6 Å². The Kier molecular flexibility index (Phi) is 7.62. The largest absolute Gasteiger partial charge is 0.271 e. The molecule has 2 unspecified atom stereocenters. The highest BCUT2D eigenvalue weighted by Gasteiger charge is 2.21. The van der Waals surface area contributed by atoms with Crippen LogP contribution in [-0.2, 0) is 0 Å². The predicted octanol–water partition coefficient (Wildman–Crippen LogP) is 4.84. The second-order valence-electron chi connectivity index (χ2n) is 5.14. The van der Waals surface area contributed by atoms with Gasteiger partial charge in [0.25, 0.3) is 0 Å². The van der Waals surface area contributed by atoms with Gasteiger partial charge in [0, 0.05) is 6.04 Å². The minimum absolute atomic E-state index is 0.158. The van der Waals surface area contributed by atoms with Crippen molar-refractivity contribution < 1.29 is 8.78 Å². The molecule has 0 amide bonds. The van der Waals surface area contributed by atoms with Crippen molar-refractivity contribution in [1.29, 1.82) is 0 Å². The molecule has 0 aromatic heterocycles. The zero-order chi connectivity index (χ0) is 15.1. The van der Waals surface area contributed by atoms with Crippen LogP contribution in [0.4, 0.5) is 8.78 Å². The standard InChI is InChI=1S/C15H23BrF2N2/c1-3-5-6-10(4-2)9-13(20-19)11-7-8-12(17)15(18)14(11)16/h7-8,10,13,20H,3-6,9,19H2,1-2H3. The summed E-state index contributed by atoms with van der Waals surface area (Å²) in [7, 11) is 0. The minimum Gasteiger partial charge on any atom is -0.271 e. The van der Waals surface area contributed by atoms with Crippen LogP contribution in [0.3, 0.4) is 0 Å². The molecule has 0 aliphatic rings. The summed E-state index contributed by atoms with van der Waals surface area (Å²) in [4.78, 5) is 0. The number of hydrogen-bond acceptors (Lipinski definition) is 2. The Hall–Kier alpha value is -0.520. The monoisotopic (exact) mass is 348 g/mol. The van der Waals surface area contributed by atoms with Crippen LogP contribution in [0.25, 0.3) is 0 Å². The molecule has 0 fully saturated rings. The Bertz CT molecular complexity index is 427. The molecular formula is C15H23BrF2N2. The number of hydrogen-bond donors (Lipinski definition) is 2. The van der Waals surface area contributed by atoms with E-state index in [2.05, 4.69) is 35.2 Å². The fraction of sp³-hybridized carbons (Fsp3) is 0.600. The molecule has 0 radical (unpaired) electrons. The molecule has 0 aliphatic carbocycles. The topological polar surface area (TPSA) is 38.0 Å². The van der Waals surface area contributed by atoms with Gasteiger partial charge in [-0.3, -0.25) is 11.3 Å². The van der Waals surface area contributed by atoms with Gasteiger partial charge in [-0.15, -0.1) is 0 Å². The van der Waals surface area contributed by atoms with Crippen molar-refractivity contribution in [2.24, 2.45) is 11.8 Å². The first kappa shape index (κ1) is 17.5. The Morgan fingerprint density at radius 2 is 2.00 bits per heavy atom. The van der Waals surface area contributed by atoms with Gasteiger partial charge in [-0.2, -0.15) is 0 Å². The van der Waals surface area contributed by atoms with Gasteiger partial charge < -0.3 is 0 Å². The molecule has 0 spiro atoms. The average molecular weight is 349 g/mol. The van der Waals surface area contributed by atoms with Gasteiger partial charge in [0.05, 0.1) is 4.47 Å². The van der Waals surface area contributed by atoms with Crippen LogP contribution >= 0.6 is 15.9 Å².